The Morgan fingerprint density at radius 2 is 2.29 bits per heavy atom. The van der Waals surface area contributed by atoms with Gasteiger partial charge >= 0.3 is 0 Å². The van der Waals surface area contributed by atoms with Crippen molar-refractivity contribution in [2.24, 2.45) is 11.8 Å². The van der Waals surface area contributed by atoms with Crippen LogP contribution in [0.3, 0.4) is 0 Å². The minimum Gasteiger partial charge on any atom is -0.376 e. The van der Waals surface area contributed by atoms with Crippen molar-refractivity contribution in [1.82, 2.24) is 14.9 Å². The smallest absolute Gasteiger partial charge is 0.254 e. The number of amides is 1. The molecule has 6 nitrogen and oxygen atoms in total. The number of fused-ring (bicyclic) bond motifs is 1. The maximum Gasteiger partial charge on any atom is 0.254 e. The molecular formula is C17H20N4O2S. The van der Waals surface area contributed by atoms with Gasteiger partial charge in [-0.15, -0.1) is 0 Å². The van der Waals surface area contributed by atoms with E-state index >= 15 is 0 Å². The van der Waals surface area contributed by atoms with Gasteiger partial charge in [0.1, 0.15) is 0 Å². The van der Waals surface area contributed by atoms with Crippen LogP contribution in [0.2, 0.25) is 0 Å². The van der Waals surface area contributed by atoms with Crippen molar-refractivity contribution in [3.05, 3.63) is 40.8 Å². The number of nitrogens with one attached hydrogen (secondary N) is 1. The van der Waals surface area contributed by atoms with Crippen LogP contribution in [-0.2, 0) is 4.74 Å². The molecule has 0 spiro atoms. The second-order valence-electron chi connectivity index (χ2n) is 6.30. The third kappa shape index (κ3) is 3.14. The molecule has 0 bridgehead atoms. The van der Waals surface area contributed by atoms with E-state index in [1.165, 1.54) is 0 Å². The molecule has 0 aromatic carbocycles. The molecule has 2 fully saturated rings. The fraction of sp³-hybridized carbons (Fsp3) is 0.471. The zero-order chi connectivity index (χ0) is 16.4. The van der Waals surface area contributed by atoms with Crippen molar-refractivity contribution in [1.29, 1.82) is 0 Å². The second-order valence-corrected chi connectivity index (χ2v) is 7.08. The number of likely N-dealkylation sites (tertiary alicyclic amines) is 1. The second kappa shape index (κ2) is 6.86. The van der Waals surface area contributed by atoms with E-state index in [4.69, 9.17) is 4.74 Å². The number of thiophene rings is 1. The summed E-state index contributed by atoms with van der Waals surface area (Å²) in [5.74, 6) is 1.67. The van der Waals surface area contributed by atoms with Crippen LogP contribution in [0.1, 0.15) is 16.8 Å². The summed E-state index contributed by atoms with van der Waals surface area (Å²) >= 11 is 1.56. The van der Waals surface area contributed by atoms with Gasteiger partial charge in [0.05, 0.1) is 18.3 Å². The van der Waals surface area contributed by atoms with Gasteiger partial charge < -0.3 is 15.0 Å². The molecule has 4 rings (SSSR count). The van der Waals surface area contributed by atoms with E-state index in [0.717, 1.165) is 31.7 Å². The van der Waals surface area contributed by atoms with E-state index in [9.17, 15) is 4.79 Å². The first-order valence-electron chi connectivity index (χ1n) is 8.25. The number of ether oxygens (including phenoxy) is 1. The monoisotopic (exact) mass is 344 g/mol. The van der Waals surface area contributed by atoms with Crippen molar-refractivity contribution in [3.63, 3.8) is 0 Å². The van der Waals surface area contributed by atoms with E-state index < -0.39 is 0 Å². The molecule has 4 heterocycles. The quantitative estimate of drug-likeness (QED) is 0.920. The van der Waals surface area contributed by atoms with Crippen LogP contribution in [0, 0.1) is 11.8 Å². The summed E-state index contributed by atoms with van der Waals surface area (Å²) < 4.78 is 5.99. The summed E-state index contributed by atoms with van der Waals surface area (Å²) in [6.07, 6.45) is 4.54. The van der Waals surface area contributed by atoms with E-state index in [0.29, 0.717) is 24.3 Å². The number of carbonyl (C=O) groups excluding carboxylic acids is 1. The van der Waals surface area contributed by atoms with E-state index in [1.807, 2.05) is 21.7 Å². The number of hydrogen-bond donors (Lipinski definition) is 1. The molecule has 126 valence electrons. The van der Waals surface area contributed by atoms with Crippen molar-refractivity contribution in [2.45, 2.75) is 12.5 Å². The minimum absolute atomic E-state index is 0.0943. The van der Waals surface area contributed by atoms with E-state index in [1.54, 1.807) is 29.8 Å². The van der Waals surface area contributed by atoms with Gasteiger partial charge in [-0.25, -0.2) is 9.97 Å². The Morgan fingerprint density at radius 1 is 1.42 bits per heavy atom. The number of rotatable bonds is 4. The zero-order valence-electron chi connectivity index (χ0n) is 13.3. The zero-order valence-corrected chi connectivity index (χ0v) is 14.1. The number of aromatic nitrogens is 2. The molecule has 2 aliphatic heterocycles. The fourth-order valence-electron chi connectivity index (χ4n) is 3.58. The Hall–Kier alpha value is -1.99. The van der Waals surface area contributed by atoms with Crippen LogP contribution < -0.4 is 5.32 Å². The lowest BCUT2D eigenvalue weighted by Crippen LogP contribution is -2.46. The van der Waals surface area contributed by atoms with Crippen LogP contribution in [0.5, 0.6) is 0 Å². The molecule has 0 saturated carbocycles. The molecule has 0 aliphatic carbocycles. The lowest BCUT2D eigenvalue weighted by Gasteiger charge is -2.36. The molecule has 0 radical (unpaired) electrons. The summed E-state index contributed by atoms with van der Waals surface area (Å²) in [6, 6.07) is 3.69. The summed E-state index contributed by atoms with van der Waals surface area (Å²) in [5, 5.41) is 7.11. The van der Waals surface area contributed by atoms with Crippen molar-refractivity contribution < 1.29 is 9.53 Å². The fourth-order valence-corrected chi connectivity index (χ4v) is 4.20. The Balaban J connectivity index is 1.39. The van der Waals surface area contributed by atoms with E-state index in [-0.39, 0.29) is 12.0 Å². The Bertz CT molecular complexity index is 679. The molecule has 2 saturated heterocycles. The summed E-state index contributed by atoms with van der Waals surface area (Å²) in [6.45, 7) is 3.04. The molecule has 2 aromatic rings. The summed E-state index contributed by atoms with van der Waals surface area (Å²) in [7, 11) is 0. The Kier molecular flexibility index (Phi) is 4.44. The highest BCUT2D eigenvalue weighted by atomic mass is 32.1. The van der Waals surface area contributed by atoms with E-state index in [2.05, 4.69) is 15.3 Å². The average Bonchev–Trinajstić information content (AvgIpc) is 3.30. The first-order valence-corrected chi connectivity index (χ1v) is 9.19. The number of piperidine rings is 1. The largest absolute Gasteiger partial charge is 0.376 e. The van der Waals surface area contributed by atoms with Gasteiger partial charge in [-0.1, -0.05) is 0 Å². The standard InChI is InChI=1S/C17H20N4O2S/c22-16(13-3-7-24-11-13)21-6-2-12-10-23-15(14(12)9-21)8-20-17-18-4-1-5-19-17/h1,3-5,7,11-12,14-15H,2,6,8-10H2,(H,18,19,20)/t12-,14-,15+/m1/s1. The first kappa shape index (κ1) is 15.5. The molecule has 7 heteroatoms. The van der Waals surface area contributed by atoms with Crippen LogP contribution in [0.15, 0.2) is 35.3 Å². The van der Waals surface area contributed by atoms with Gasteiger partial charge in [0, 0.05) is 43.3 Å². The molecule has 2 aromatic heterocycles. The molecule has 1 N–H and O–H groups in total. The highest BCUT2D eigenvalue weighted by Gasteiger charge is 2.42. The number of nitrogens with zero attached hydrogens (tertiary/aromatic N) is 3. The number of anilines is 1. The third-order valence-corrected chi connectivity index (χ3v) is 5.57. The number of carbonyl (C=O) groups is 1. The predicted molar refractivity (Wildman–Crippen MR) is 92.1 cm³/mol. The maximum absolute atomic E-state index is 12.6. The average molecular weight is 344 g/mol. The highest BCUT2D eigenvalue weighted by molar-refractivity contribution is 7.08. The Morgan fingerprint density at radius 3 is 3.08 bits per heavy atom. The highest BCUT2D eigenvalue weighted by Crippen LogP contribution is 2.34. The van der Waals surface area contributed by atoms with Crippen molar-refractivity contribution >= 4 is 23.2 Å². The summed E-state index contributed by atoms with van der Waals surface area (Å²) in [4.78, 5) is 22.9. The van der Waals surface area contributed by atoms with Gasteiger partial charge in [0.15, 0.2) is 0 Å². The normalized spacial score (nSPS) is 26.2. The maximum atomic E-state index is 12.6. The number of hydrogen-bond acceptors (Lipinski definition) is 6. The molecule has 0 unspecified atom stereocenters. The minimum atomic E-state index is 0.0943. The molecule has 3 atom stereocenters. The van der Waals surface area contributed by atoms with Gasteiger partial charge in [-0.2, -0.15) is 11.3 Å². The predicted octanol–water partition coefficient (Wildman–Crippen LogP) is 2.13. The van der Waals surface area contributed by atoms with Crippen molar-refractivity contribution in [2.75, 3.05) is 31.6 Å². The first-order chi connectivity index (χ1) is 11.8. The molecule has 24 heavy (non-hydrogen) atoms. The Labute approximate surface area is 144 Å². The van der Waals surface area contributed by atoms with Crippen LogP contribution in [0.25, 0.3) is 0 Å². The lowest BCUT2D eigenvalue weighted by atomic mass is 9.84. The van der Waals surface area contributed by atoms with Crippen LogP contribution in [-0.4, -0.2) is 53.1 Å². The summed E-state index contributed by atoms with van der Waals surface area (Å²) in [5.41, 5.74) is 0.796. The van der Waals surface area contributed by atoms with Crippen LogP contribution in [0.4, 0.5) is 5.95 Å². The van der Waals surface area contributed by atoms with Gasteiger partial charge in [-0.05, 0) is 29.9 Å². The molecular weight excluding hydrogens is 324 g/mol. The van der Waals surface area contributed by atoms with Crippen LogP contribution >= 0.6 is 11.3 Å². The van der Waals surface area contributed by atoms with Gasteiger partial charge in [0.25, 0.3) is 5.91 Å². The topological polar surface area (TPSA) is 67.3 Å². The lowest BCUT2D eigenvalue weighted by molar-refractivity contribution is 0.0577. The van der Waals surface area contributed by atoms with Gasteiger partial charge in [0.2, 0.25) is 5.95 Å². The SMILES string of the molecule is O=C(c1ccsc1)N1CC[C@@H]2CO[C@@H](CNc3ncccn3)[C@@H]2C1. The molecule has 2 aliphatic rings. The molecule has 1 amide bonds. The van der Waals surface area contributed by atoms with Crippen molar-refractivity contribution in [3.8, 4) is 0 Å². The third-order valence-electron chi connectivity index (χ3n) is 4.89. The van der Waals surface area contributed by atoms with Gasteiger partial charge in [-0.3, -0.25) is 4.79 Å².